The molecule has 9 rings (SSSR count). The van der Waals surface area contributed by atoms with Crippen molar-refractivity contribution in [3.05, 3.63) is 144 Å². The molecule has 3 heterocycles. The minimum Gasteiger partial charge on any atom is -0.422 e. The van der Waals surface area contributed by atoms with E-state index in [-0.39, 0.29) is 5.63 Å². The zero-order chi connectivity index (χ0) is 27.1. The standard InChI is InChI=1S/C37H22N2O2/c40-37-29-20-19-27-25-12-4-8-16-32(25)39(36(27)35(29)28-14-6-9-17-34(28)41-37)24-18-21-33-30(22-24)26-13-5-7-15-31(26)38(33)23-10-2-1-3-11-23/h1-22H. The average Bonchev–Trinajstić information content (AvgIpc) is 3.54. The molecule has 0 atom stereocenters. The number of hydrogen-bond acceptors (Lipinski definition) is 2. The first-order valence-corrected chi connectivity index (χ1v) is 13.7. The summed E-state index contributed by atoms with van der Waals surface area (Å²) >= 11 is 0. The lowest BCUT2D eigenvalue weighted by Crippen LogP contribution is -2.02. The number of nitrogens with zero attached hydrogens (tertiary/aromatic N) is 2. The summed E-state index contributed by atoms with van der Waals surface area (Å²) in [5.41, 5.74) is 6.88. The molecule has 3 aromatic heterocycles. The van der Waals surface area contributed by atoms with Crippen LogP contribution in [0.25, 0.3) is 76.7 Å². The van der Waals surface area contributed by atoms with Gasteiger partial charge in [-0.05, 0) is 54.6 Å². The predicted octanol–water partition coefficient (Wildman–Crippen LogP) is 9.14. The molecule has 0 aliphatic carbocycles. The van der Waals surface area contributed by atoms with Crippen LogP contribution < -0.4 is 5.63 Å². The summed E-state index contributed by atoms with van der Waals surface area (Å²) in [5.74, 6) is 0. The lowest BCUT2D eigenvalue weighted by molar-refractivity contribution is 0.570. The molecule has 192 valence electrons. The first-order valence-electron chi connectivity index (χ1n) is 13.7. The van der Waals surface area contributed by atoms with Crippen molar-refractivity contribution in [2.75, 3.05) is 0 Å². The maximum atomic E-state index is 13.2. The highest BCUT2D eigenvalue weighted by Crippen LogP contribution is 2.40. The van der Waals surface area contributed by atoms with Gasteiger partial charge in [-0.25, -0.2) is 4.79 Å². The summed E-state index contributed by atoms with van der Waals surface area (Å²) in [7, 11) is 0. The van der Waals surface area contributed by atoms with E-state index < -0.39 is 0 Å². The Morgan fingerprint density at radius 1 is 0.439 bits per heavy atom. The smallest absolute Gasteiger partial charge is 0.344 e. The lowest BCUT2D eigenvalue weighted by atomic mass is 10.0. The van der Waals surface area contributed by atoms with Crippen molar-refractivity contribution in [3.8, 4) is 11.4 Å². The third kappa shape index (κ3) is 3.02. The third-order valence-electron chi connectivity index (χ3n) is 8.34. The lowest BCUT2D eigenvalue weighted by Gasteiger charge is -2.12. The van der Waals surface area contributed by atoms with Crippen LogP contribution in [0.1, 0.15) is 0 Å². The van der Waals surface area contributed by atoms with Crippen LogP contribution >= 0.6 is 0 Å². The molecule has 0 saturated heterocycles. The van der Waals surface area contributed by atoms with Crippen LogP contribution in [0.3, 0.4) is 0 Å². The average molecular weight is 527 g/mol. The molecule has 0 spiro atoms. The number of fused-ring (bicyclic) bond motifs is 10. The van der Waals surface area contributed by atoms with E-state index in [9.17, 15) is 4.79 Å². The quantitative estimate of drug-likeness (QED) is 0.166. The van der Waals surface area contributed by atoms with Crippen LogP contribution in [0, 0.1) is 0 Å². The van der Waals surface area contributed by atoms with Crippen molar-refractivity contribution in [3.63, 3.8) is 0 Å². The van der Waals surface area contributed by atoms with Gasteiger partial charge in [0.05, 0.1) is 27.5 Å². The first kappa shape index (κ1) is 22.2. The number of aromatic nitrogens is 2. The van der Waals surface area contributed by atoms with E-state index in [0.717, 1.165) is 49.5 Å². The molecule has 0 bridgehead atoms. The monoisotopic (exact) mass is 526 g/mol. The summed E-state index contributed by atoms with van der Waals surface area (Å²) in [6.07, 6.45) is 0. The fourth-order valence-corrected chi connectivity index (χ4v) is 6.64. The second-order valence-electron chi connectivity index (χ2n) is 10.5. The van der Waals surface area contributed by atoms with Crippen LogP contribution in [0.15, 0.2) is 143 Å². The second-order valence-corrected chi connectivity index (χ2v) is 10.5. The number of rotatable bonds is 2. The van der Waals surface area contributed by atoms with Crippen molar-refractivity contribution in [2.24, 2.45) is 0 Å². The van der Waals surface area contributed by atoms with Gasteiger partial charge < -0.3 is 13.6 Å². The largest absolute Gasteiger partial charge is 0.422 e. The van der Waals surface area contributed by atoms with Crippen LogP contribution in [0.5, 0.6) is 0 Å². The Balaban J connectivity index is 1.47. The summed E-state index contributed by atoms with van der Waals surface area (Å²) < 4.78 is 10.4. The Morgan fingerprint density at radius 3 is 1.85 bits per heavy atom. The van der Waals surface area contributed by atoms with Gasteiger partial charge in [-0.1, -0.05) is 78.9 Å². The Hall–Kier alpha value is -5.61. The molecule has 0 saturated carbocycles. The molecule has 0 N–H and O–H groups in total. The SMILES string of the molecule is O=c1oc2ccccc2c2c1ccc1c3ccccc3n(-c3ccc4c(c3)c3ccccc3n4-c3ccccc3)c12. The topological polar surface area (TPSA) is 40.1 Å². The maximum Gasteiger partial charge on any atom is 0.344 e. The van der Waals surface area contributed by atoms with Crippen LogP contribution in [0.2, 0.25) is 0 Å². The fourth-order valence-electron chi connectivity index (χ4n) is 6.64. The molecule has 0 aliphatic rings. The van der Waals surface area contributed by atoms with Crippen molar-refractivity contribution >= 4 is 65.4 Å². The highest BCUT2D eigenvalue weighted by Gasteiger charge is 2.20. The minimum atomic E-state index is -0.321. The molecule has 0 radical (unpaired) electrons. The summed E-state index contributed by atoms with van der Waals surface area (Å²) in [6.45, 7) is 0. The highest BCUT2D eigenvalue weighted by molar-refractivity contribution is 6.24. The van der Waals surface area contributed by atoms with Gasteiger partial charge in [0.15, 0.2) is 0 Å². The summed E-state index contributed by atoms with van der Waals surface area (Å²) in [5, 5.41) is 7.06. The van der Waals surface area contributed by atoms with Gasteiger partial charge in [-0.3, -0.25) is 0 Å². The maximum absolute atomic E-state index is 13.2. The van der Waals surface area contributed by atoms with E-state index in [1.807, 2.05) is 36.4 Å². The second kappa shape index (κ2) is 8.20. The zero-order valence-corrected chi connectivity index (χ0v) is 21.9. The van der Waals surface area contributed by atoms with E-state index in [1.165, 1.54) is 16.3 Å². The molecule has 0 unspecified atom stereocenters. The third-order valence-corrected chi connectivity index (χ3v) is 8.34. The van der Waals surface area contributed by atoms with Gasteiger partial charge in [-0.2, -0.15) is 0 Å². The predicted molar refractivity (Wildman–Crippen MR) is 169 cm³/mol. The van der Waals surface area contributed by atoms with Crippen LogP contribution in [0.4, 0.5) is 0 Å². The van der Waals surface area contributed by atoms with Gasteiger partial charge in [0, 0.05) is 43.7 Å². The molecule has 0 fully saturated rings. The molecule has 41 heavy (non-hydrogen) atoms. The molecular formula is C37H22N2O2. The van der Waals surface area contributed by atoms with E-state index in [4.69, 9.17) is 4.42 Å². The molecule has 4 nitrogen and oxygen atoms in total. The molecule has 9 aromatic rings. The zero-order valence-electron chi connectivity index (χ0n) is 21.9. The van der Waals surface area contributed by atoms with Gasteiger partial charge in [0.25, 0.3) is 0 Å². The van der Waals surface area contributed by atoms with Crippen molar-refractivity contribution < 1.29 is 4.42 Å². The molecule has 4 heteroatoms. The summed E-state index contributed by atoms with van der Waals surface area (Å²) in [4.78, 5) is 13.2. The van der Waals surface area contributed by atoms with Crippen molar-refractivity contribution in [1.82, 2.24) is 9.13 Å². The van der Waals surface area contributed by atoms with Gasteiger partial charge in [-0.15, -0.1) is 0 Å². The highest BCUT2D eigenvalue weighted by atomic mass is 16.4. The molecule has 0 amide bonds. The first-order chi connectivity index (χ1) is 20.3. The number of para-hydroxylation sites is 4. The Kier molecular flexibility index (Phi) is 4.44. The molecule has 6 aromatic carbocycles. The van der Waals surface area contributed by atoms with E-state index >= 15 is 0 Å². The van der Waals surface area contributed by atoms with E-state index in [0.29, 0.717) is 11.0 Å². The molecule has 0 aliphatic heterocycles. The Bertz CT molecular complexity index is 2550. The Labute approximate surface area is 233 Å². The van der Waals surface area contributed by atoms with Gasteiger partial charge >= 0.3 is 5.63 Å². The van der Waals surface area contributed by atoms with Crippen LogP contribution in [-0.4, -0.2) is 9.13 Å². The van der Waals surface area contributed by atoms with Gasteiger partial charge in [0.1, 0.15) is 5.58 Å². The molecular weight excluding hydrogens is 504 g/mol. The fraction of sp³-hybridized carbons (Fsp3) is 0. The summed E-state index contributed by atoms with van der Waals surface area (Å²) in [6, 6.07) is 46.0. The Morgan fingerprint density at radius 2 is 1.05 bits per heavy atom. The normalized spacial score (nSPS) is 12.0. The van der Waals surface area contributed by atoms with E-state index in [1.54, 1.807) is 0 Å². The van der Waals surface area contributed by atoms with E-state index in [2.05, 4.69) is 106 Å². The van der Waals surface area contributed by atoms with Crippen molar-refractivity contribution in [1.29, 1.82) is 0 Å². The van der Waals surface area contributed by atoms with Crippen LogP contribution in [-0.2, 0) is 0 Å². The van der Waals surface area contributed by atoms with Crippen molar-refractivity contribution in [2.45, 2.75) is 0 Å². The van der Waals surface area contributed by atoms with Gasteiger partial charge in [0.2, 0.25) is 0 Å². The number of hydrogen-bond donors (Lipinski definition) is 0. The number of benzene rings is 6. The minimum absolute atomic E-state index is 0.321.